The number of carbonyl (C=O) groups is 8. The van der Waals surface area contributed by atoms with Crippen LogP contribution in [0.5, 0.6) is 34.5 Å². The van der Waals surface area contributed by atoms with Gasteiger partial charge < -0.3 is 47.4 Å². The molecule has 5 aromatic rings. The minimum atomic E-state index is -0.942. The third-order valence-corrected chi connectivity index (χ3v) is 14.1. The van der Waals surface area contributed by atoms with Gasteiger partial charge in [0.05, 0.1) is 28.6 Å². The summed E-state index contributed by atoms with van der Waals surface area (Å²) in [5.41, 5.74) is 0.608. The first-order valence-corrected chi connectivity index (χ1v) is 26.6. The first kappa shape index (κ1) is 60.1. The van der Waals surface area contributed by atoms with E-state index in [-0.39, 0.29) is 60.6 Å². The molecule has 2 fully saturated rings. The average Bonchev–Trinajstić information content (AvgIpc) is 3.85. The molecule has 2 aliphatic rings. The van der Waals surface area contributed by atoms with Gasteiger partial charge in [-0.3, -0.25) is 29.3 Å². The third kappa shape index (κ3) is 17.0. The van der Waals surface area contributed by atoms with Crippen molar-refractivity contribution in [2.24, 2.45) is 23.7 Å². The summed E-state index contributed by atoms with van der Waals surface area (Å²) in [5.74, 6) is -5.66. The van der Waals surface area contributed by atoms with Gasteiger partial charge in [-0.05, 0) is 124 Å². The van der Waals surface area contributed by atoms with Crippen molar-refractivity contribution < 1.29 is 90.6 Å². The zero-order valence-corrected chi connectivity index (χ0v) is 45.0. The Kier molecular flexibility index (Phi) is 21.3. The molecule has 82 heavy (non-hydrogen) atoms. The molecule has 0 aliphatic heterocycles. The van der Waals surface area contributed by atoms with E-state index in [0.717, 1.165) is 35.6 Å². The largest absolute Gasteiger partial charge is 0.490 e. The molecular formula is C59H56N2O20S. The van der Waals surface area contributed by atoms with Gasteiger partial charge in [0.1, 0.15) is 64.6 Å². The number of ether oxygens (including phenoxy) is 10. The Balaban J connectivity index is 0.920. The molecule has 0 N–H and O–H groups in total. The SMILES string of the molecule is C=CC(=O)OCC(COc1ccc(OC(=O)C2CCC(C(=O)Oc3ccc(OC(=O)C4CCC(C(=O)Oc5ccc(OCC(COC(=O)C=C)OC(=O)C=C)cc5)CC4)c4sc(-c5ccc([N+](=O)[O-])cc5)nc34)CC2)cc1)OC(=O)C=C. The molecule has 1 heterocycles. The number of carbonyl (C=O) groups excluding carboxylic acids is 8. The van der Waals surface area contributed by atoms with Gasteiger partial charge in [-0.1, -0.05) is 26.3 Å². The highest BCUT2D eigenvalue weighted by Crippen LogP contribution is 2.43. The second-order valence-corrected chi connectivity index (χ2v) is 19.6. The number of esters is 8. The fraction of sp³-hybridized carbons (Fsp3) is 0.305. The molecule has 7 rings (SSSR count). The maximum Gasteiger partial charge on any atom is 0.330 e. The quantitative estimate of drug-likeness (QED) is 0.0125. The van der Waals surface area contributed by atoms with Crippen LogP contribution in [-0.2, 0) is 57.3 Å². The van der Waals surface area contributed by atoms with Crippen LogP contribution in [0.15, 0.2) is 136 Å². The van der Waals surface area contributed by atoms with Gasteiger partial charge >= 0.3 is 47.8 Å². The van der Waals surface area contributed by atoms with Crippen LogP contribution in [0.25, 0.3) is 20.8 Å². The van der Waals surface area contributed by atoms with Crippen LogP contribution in [0.1, 0.15) is 51.4 Å². The summed E-state index contributed by atoms with van der Waals surface area (Å²) in [5, 5.41) is 11.8. The van der Waals surface area contributed by atoms with Gasteiger partial charge in [0.25, 0.3) is 5.69 Å². The first-order valence-electron chi connectivity index (χ1n) is 25.8. The standard InChI is InChI=1S/C59H56N2O20S/c1-5-49(62)74-33-45(76-51(64)7-3)31-72-41-21-25-43(26-22-41)78-56(66)36-9-13-38(14-10-36)58(68)80-47-29-30-48(54-53(47)60-55(82-54)35-17-19-40(20-18-35)61(70)71)81-59(69)39-15-11-37(12-16-39)57(67)79-44-27-23-42(24-28-44)73-32-46(77-52(65)8-4)34-75-50(63)6-2/h5-8,17-30,36-39,45-46H,1-4,9-16,31-34H2. The van der Waals surface area contributed by atoms with Crippen LogP contribution in [0.4, 0.5) is 5.69 Å². The smallest absolute Gasteiger partial charge is 0.330 e. The summed E-state index contributed by atoms with van der Waals surface area (Å²) in [4.78, 5) is 116. The fourth-order valence-electron chi connectivity index (χ4n) is 8.60. The molecule has 2 aliphatic carbocycles. The van der Waals surface area contributed by atoms with Crippen molar-refractivity contribution in [3.8, 4) is 45.1 Å². The van der Waals surface area contributed by atoms with Gasteiger partial charge in [-0.2, -0.15) is 0 Å². The highest BCUT2D eigenvalue weighted by molar-refractivity contribution is 7.22. The predicted octanol–water partition coefficient (Wildman–Crippen LogP) is 8.92. The molecule has 1 aromatic heterocycles. The fourth-order valence-corrected chi connectivity index (χ4v) is 9.63. The van der Waals surface area contributed by atoms with Gasteiger partial charge in [-0.15, -0.1) is 11.3 Å². The number of nitro groups is 1. The van der Waals surface area contributed by atoms with Crippen molar-refractivity contribution >= 4 is 75.0 Å². The third-order valence-electron chi connectivity index (χ3n) is 13.0. The first-order chi connectivity index (χ1) is 39.5. The minimum Gasteiger partial charge on any atom is -0.490 e. The lowest BCUT2D eigenvalue weighted by molar-refractivity contribution is -0.384. The van der Waals surface area contributed by atoms with Crippen LogP contribution >= 0.6 is 11.3 Å². The molecule has 2 unspecified atom stereocenters. The van der Waals surface area contributed by atoms with Crippen molar-refractivity contribution in [1.29, 1.82) is 0 Å². The molecular weight excluding hydrogens is 1090 g/mol. The number of nitro benzene ring substituents is 1. The Bertz CT molecular complexity index is 3010. The van der Waals surface area contributed by atoms with Crippen LogP contribution in [-0.4, -0.2) is 96.3 Å². The number of nitrogens with zero attached hydrogens (tertiary/aromatic N) is 2. The molecule has 0 bridgehead atoms. The van der Waals surface area contributed by atoms with Crippen LogP contribution < -0.4 is 28.4 Å². The number of rotatable bonds is 26. The van der Waals surface area contributed by atoms with Gasteiger partial charge in [0, 0.05) is 42.0 Å². The summed E-state index contributed by atoms with van der Waals surface area (Å²) in [6, 6.07) is 21.0. The van der Waals surface area contributed by atoms with Crippen LogP contribution in [0.2, 0.25) is 0 Å². The topological polar surface area (TPSA) is 285 Å². The Hall–Kier alpha value is -9.51. The van der Waals surface area contributed by atoms with E-state index < -0.39 is 88.6 Å². The Morgan fingerprint density at radius 2 is 0.866 bits per heavy atom. The zero-order valence-electron chi connectivity index (χ0n) is 44.1. The lowest BCUT2D eigenvalue weighted by atomic mass is 9.82. The Morgan fingerprint density at radius 3 is 1.26 bits per heavy atom. The normalized spacial score (nSPS) is 17.2. The van der Waals surface area contributed by atoms with Gasteiger partial charge in [-0.25, -0.2) is 24.2 Å². The molecule has 0 amide bonds. The molecule has 2 atom stereocenters. The lowest BCUT2D eigenvalue weighted by Crippen LogP contribution is -2.30. The molecule has 0 spiro atoms. The van der Waals surface area contributed by atoms with Crippen molar-refractivity contribution in [1.82, 2.24) is 4.98 Å². The number of aromatic nitrogens is 1. The summed E-state index contributed by atoms with van der Waals surface area (Å²) in [6.45, 7) is 12.5. The number of fused-ring (bicyclic) bond motifs is 1. The van der Waals surface area contributed by atoms with E-state index in [2.05, 4.69) is 26.3 Å². The Labute approximate surface area is 473 Å². The van der Waals surface area contributed by atoms with E-state index in [1.54, 1.807) is 24.3 Å². The van der Waals surface area contributed by atoms with Crippen molar-refractivity contribution in [2.45, 2.75) is 63.6 Å². The zero-order chi connectivity index (χ0) is 58.7. The number of thiazole rings is 1. The minimum absolute atomic E-state index is 0.0905. The molecule has 4 aromatic carbocycles. The van der Waals surface area contributed by atoms with E-state index in [1.807, 2.05) is 0 Å². The Morgan fingerprint density at radius 1 is 0.500 bits per heavy atom. The van der Waals surface area contributed by atoms with E-state index >= 15 is 0 Å². The second kappa shape index (κ2) is 29.1. The van der Waals surface area contributed by atoms with Gasteiger partial charge in [0.15, 0.2) is 23.7 Å². The highest BCUT2D eigenvalue weighted by Gasteiger charge is 2.35. The van der Waals surface area contributed by atoms with Crippen molar-refractivity contribution in [2.75, 3.05) is 26.4 Å². The highest BCUT2D eigenvalue weighted by atomic mass is 32.1. The van der Waals surface area contributed by atoms with Crippen LogP contribution in [0.3, 0.4) is 0 Å². The van der Waals surface area contributed by atoms with Crippen molar-refractivity contribution in [3.63, 3.8) is 0 Å². The predicted molar refractivity (Wildman–Crippen MR) is 291 cm³/mol. The van der Waals surface area contributed by atoms with E-state index in [0.29, 0.717) is 78.1 Å². The molecule has 428 valence electrons. The van der Waals surface area contributed by atoms with Gasteiger partial charge in [0.2, 0.25) is 0 Å². The monoisotopic (exact) mass is 1140 g/mol. The van der Waals surface area contributed by atoms with E-state index in [9.17, 15) is 48.5 Å². The van der Waals surface area contributed by atoms with E-state index in [4.69, 9.17) is 52.4 Å². The molecule has 23 heteroatoms. The summed E-state index contributed by atoms with van der Waals surface area (Å²) < 4.78 is 55.3. The summed E-state index contributed by atoms with van der Waals surface area (Å²) in [7, 11) is 0. The number of non-ortho nitro benzene ring substituents is 1. The average molecular weight is 1150 g/mol. The lowest BCUT2D eigenvalue weighted by Gasteiger charge is -2.26. The number of hydrogen-bond acceptors (Lipinski definition) is 22. The molecule has 2 saturated carbocycles. The molecule has 22 nitrogen and oxygen atoms in total. The van der Waals surface area contributed by atoms with Crippen LogP contribution in [0, 0.1) is 33.8 Å². The molecule has 0 radical (unpaired) electrons. The number of benzene rings is 4. The maximum atomic E-state index is 13.8. The molecule has 0 saturated heterocycles. The van der Waals surface area contributed by atoms with Crippen molar-refractivity contribution in [3.05, 3.63) is 146 Å². The second-order valence-electron chi connectivity index (χ2n) is 18.6. The maximum absolute atomic E-state index is 13.8. The number of hydrogen-bond donors (Lipinski definition) is 0. The van der Waals surface area contributed by atoms with E-state index in [1.165, 1.54) is 60.7 Å². The summed E-state index contributed by atoms with van der Waals surface area (Å²) in [6.07, 6.45) is 4.61. The summed E-state index contributed by atoms with van der Waals surface area (Å²) >= 11 is 1.13.